The molecule has 0 aliphatic carbocycles. The summed E-state index contributed by atoms with van der Waals surface area (Å²) in [5.41, 5.74) is 1.85. The van der Waals surface area contributed by atoms with Gasteiger partial charge in [-0.15, -0.1) is 0 Å². The summed E-state index contributed by atoms with van der Waals surface area (Å²) in [7, 11) is 0. The summed E-state index contributed by atoms with van der Waals surface area (Å²) in [6, 6.07) is 7.36. The number of nitrogens with one attached hydrogen (secondary N) is 1. The average Bonchev–Trinajstić information content (AvgIpc) is 2.28. The molecular weight excluding hydrogens is 277 g/mol. The Morgan fingerprint density at radius 1 is 1.31 bits per heavy atom. The van der Waals surface area contributed by atoms with E-state index in [0.717, 1.165) is 5.39 Å². The molecule has 0 unspecified atom stereocenters. The van der Waals surface area contributed by atoms with Gasteiger partial charge in [-0.25, -0.2) is 9.87 Å². The number of hydrogen-bond acceptors (Lipinski definition) is 2. The summed E-state index contributed by atoms with van der Waals surface area (Å²) in [4.78, 5) is 11.2. The molecule has 2 aromatic rings. The first-order valence-corrected chi connectivity index (χ1v) is 5.24. The molecule has 0 atom stereocenters. The Labute approximate surface area is 99.0 Å². The predicted molar refractivity (Wildman–Crippen MR) is 60.9 cm³/mol. The highest BCUT2D eigenvalue weighted by molar-refractivity contribution is 9.10. The Balaban J connectivity index is 2.68. The minimum atomic E-state index is -0.605. The van der Waals surface area contributed by atoms with Crippen LogP contribution in [0.5, 0.6) is 0 Å². The van der Waals surface area contributed by atoms with Crippen molar-refractivity contribution in [2.75, 3.05) is 0 Å². The third kappa shape index (κ3) is 1.91. The fourth-order valence-electron chi connectivity index (χ4n) is 1.48. The van der Waals surface area contributed by atoms with Gasteiger partial charge in [-0.2, -0.15) is 0 Å². The molecule has 0 aliphatic rings. The highest BCUT2D eigenvalue weighted by Crippen LogP contribution is 2.26. The van der Waals surface area contributed by atoms with Gasteiger partial charge in [0.15, 0.2) is 0 Å². The molecule has 82 valence electrons. The van der Waals surface area contributed by atoms with Crippen molar-refractivity contribution in [1.82, 2.24) is 5.48 Å². The van der Waals surface area contributed by atoms with Gasteiger partial charge in [-0.3, -0.25) is 10.0 Å². The van der Waals surface area contributed by atoms with Gasteiger partial charge in [0.05, 0.1) is 0 Å². The fraction of sp³-hybridized carbons (Fsp3) is 0. The number of carbonyl (C=O) groups excluding carboxylic acids is 1. The molecular formula is C11H7BrFNO2. The van der Waals surface area contributed by atoms with E-state index >= 15 is 0 Å². The largest absolute Gasteiger partial charge is 0.288 e. The van der Waals surface area contributed by atoms with E-state index < -0.39 is 5.91 Å². The first-order valence-electron chi connectivity index (χ1n) is 4.45. The zero-order valence-electron chi connectivity index (χ0n) is 8.00. The van der Waals surface area contributed by atoms with Crippen molar-refractivity contribution in [1.29, 1.82) is 0 Å². The molecule has 0 heterocycles. The lowest BCUT2D eigenvalue weighted by molar-refractivity contribution is 0.0706. The molecule has 0 aromatic heterocycles. The zero-order valence-corrected chi connectivity index (χ0v) is 9.58. The molecule has 0 bridgehead atoms. The van der Waals surface area contributed by atoms with Gasteiger partial charge in [0.1, 0.15) is 5.82 Å². The monoisotopic (exact) mass is 283 g/mol. The molecule has 5 heteroatoms. The van der Waals surface area contributed by atoms with Crippen molar-refractivity contribution in [2.24, 2.45) is 0 Å². The highest BCUT2D eigenvalue weighted by atomic mass is 79.9. The number of rotatable bonds is 1. The average molecular weight is 284 g/mol. The Kier molecular flexibility index (Phi) is 2.89. The molecule has 0 spiro atoms. The molecule has 1 amide bonds. The Morgan fingerprint density at radius 2 is 2.06 bits per heavy atom. The molecule has 0 saturated carbocycles. The van der Waals surface area contributed by atoms with Crippen molar-refractivity contribution in [3.8, 4) is 0 Å². The summed E-state index contributed by atoms with van der Waals surface area (Å²) in [5, 5.41) is 9.91. The summed E-state index contributed by atoms with van der Waals surface area (Å²) in [5.74, 6) is -0.945. The number of amides is 1. The smallest absolute Gasteiger partial charge is 0.274 e. The van der Waals surface area contributed by atoms with Crippen LogP contribution in [-0.4, -0.2) is 11.1 Å². The van der Waals surface area contributed by atoms with E-state index in [1.165, 1.54) is 18.2 Å². The van der Waals surface area contributed by atoms with E-state index in [0.29, 0.717) is 15.4 Å². The van der Waals surface area contributed by atoms with E-state index in [-0.39, 0.29) is 5.82 Å². The maximum atomic E-state index is 13.0. The van der Waals surface area contributed by atoms with Crippen molar-refractivity contribution >= 4 is 32.6 Å². The Hall–Kier alpha value is -1.46. The molecule has 2 rings (SSSR count). The predicted octanol–water partition coefficient (Wildman–Crippen LogP) is 2.86. The van der Waals surface area contributed by atoms with Crippen LogP contribution in [0.4, 0.5) is 4.39 Å². The molecule has 0 fully saturated rings. The second-order valence-corrected chi connectivity index (χ2v) is 4.12. The van der Waals surface area contributed by atoms with Gasteiger partial charge in [0.25, 0.3) is 5.91 Å². The third-order valence-electron chi connectivity index (χ3n) is 2.23. The van der Waals surface area contributed by atoms with Crippen LogP contribution in [0.25, 0.3) is 10.8 Å². The summed E-state index contributed by atoms with van der Waals surface area (Å²) in [6.45, 7) is 0. The van der Waals surface area contributed by atoms with E-state index in [1.54, 1.807) is 17.6 Å². The summed E-state index contributed by atoms with van der Waals surface area (Å²) in [6.07, 6.45) is 0. The molecule has 3 nitrogen and oxygen atoms in total. The van der Waals surface area contributed by atoms with Gasteiger partial charge in [-0.1, -0.05) is 22.0 Å². The lowest BCUT2D eigenvalue weighted by Gasteiger charge is -2.04. The fourth-order valence-corrected chi connectivity index (χ4v) is 2.07. The number of hydroxylamine groups is 1. The zero-order chi connectivity index (χ0) is 11.7. The number of hydrogen-bond donors (Lipinski definition) is 2. The number of carbonyl (C=O) groups is 1. The van der Waals surface area contributed by atoms with Crippen LogP contribution >= 0.6 is 15.9 Å². The highest BCUT2D eigenvalue weighted by Gasteiger charge is 2.08. The SMILES string of the molecule is O=C(NO)c1cc(Br)c2cc(F)ccc2c1. The first kappa shape index (κ1) is 11.0. The summed E-state index contributed by atoms with van der Waals surface area (Å²) >= 11 is 3.25. The van der Waals surface area contributed by atoms with Crippen LogP contribution in [0.2, 0.25) is 0 Å². The second-order valence-electron chi connectivity index (χ2n) is 3.26. The molecule has 0 radical (unpaired) electrons. The standard InChI is InChI=1S/C11H7BrFNO2/c12-10-4-7(11(15)14-16)3-6-1-2-8(13)5-9(6)10/h1-5,16H,(H,14,15). The molecule has 2 aromatic carbocycles. The topological polar surface area (TPSA) is 49.3 Å². The second kappa shape index (κ2) is 4.19. The quantitative estimate of drug-likeness (QED) is 0.625. The van der Waals surface area contributed by atoms with Crippen molar-refractivity contribution < 1.29 is 14.4 Å². The molecule has 16 heavy (non-hydrogen) atoms. The van der Waals surface area contributed by atoms with Crippen LogP contribution in [0.1, 0.15) is 10.4 Å². The number of fused-ring (bicyclic) bond motifs is 1. The number of benzene rings is 2. The lowest BCUT2D eigenvalue weighted by Crippen LogP contribution is -2.18. The van der Waals surface area contributed by atoms with Gasteiger partial charge in [0, 0.05) is 10.0 Å². The van der Waals surface area contributed by atoms with Crippen LogP contribution in [0, 0.1) is 5.82 Å². The molecule has 2 N–H and O–H groups in total. The third-order valence-corrected chi connectivity index (χ3v) is 2.89. The van der Waals surface area contributed by atoms with Crippen LogP contribution < -0.4 is 5.48 Å². The van der Waals surface area contributed by atoms with E-state index in [4.69, 9.17) is 5.21 Å². The normalized spacial score (nSPS) is 10.4. The lowest BCUT2D eigenvalue weighted by atomic mass is 10.1. The Morgan fingerprint density at radius 3 is 2.75 bits per heavy atom. The first-order chi connectivity index (χ1) is 7.61. The van der Waals surface area contributed by atoms with E-state index in [1.807, 2.05) is 0 Å². The minimum absolute atomic E-state index is 0.300. The van der Waals surface area contributed by atoms with Gasteiger partial charge in [-0.05, 0) is 35.0 Å². The maximum absolute atomic E-state index is 13.0. The van der Waals surface area contributed by atoms with Crippen molar-refractivity contribution in [3.63, 3.8) is 0 Å². The van der Waals surface area contributed by atoms with Crippen LogP contribution in [0.3, 0.4) is 0 Å². The van der Waals surface area contributed by atoms with E-state index in [9.17, 15) is 9.18 Å². The van der Waals surface area contributed by atoms with Crippen LogP contribution in [-0.2, 0) is 0 Å². The number of halogens is 2. The van der Waals surface area contributed by atoms with Gasteiger partial charge < -0.3 is 0 Å². The molecule has 0 aliphatic heterocycles. The van der Waals surface area contributed by atoms with Crippen molar-refractivity contribution in [2.45, 2.75) is 0 Å². The van der Waals surface area contributed by atoms with Crippen LogP contribution in [0.15, 0.2) is 34.8 Å². The summed E-state index contributed by atoms with van der Waals surface area (Å²) < 4.78 is 13.6. The van der Waals surface area contributed by atoms with Gasteiger partial charge >= 0.3 is 0 Å². The van der Waals surface area contributed by atoms with Gasteiger partial charge in [0.2, 0.25) is 0 Å². The van der Waals surface area contributed by atoms with Crippen molar-refractivity contribution in [3.05, 3.63) is 46.2 Å². The maximum Gasteiger partial charge on any atom is 0.274 e. The Bertz CT molecular complexity index is 571. The van der Waals surface area contributed by atoms with E-state index in [2.05, 4.69) is 15.9 Å². The molecule has 0 saturated heterocycles. The minimum Gasteiger partial charge on any atom is -0.288 e.